The topological polar surface area (TPSA) is 43.4 Å². The van der Waals surface area contributed by atoms with E-state index in [2.05, 4.69) is 4.74 Å². The molecule has 0 radical (unpaired) electrons. The van der Waals surface area contributed by atoms with Gasteiger partial charge in [0.05, 0.1) is 5.41 Å². The lowest BCUT2D eigenvalue weighted by Crippen LogP contribution is -2.23. The van der Waals surface area contributed by atoms with Crippen molar-refractivity contribution in [3.05, 3.63) is 0 Å². The van der Waals surface area contributed by atoms with Crippen molar-refractivity contribution in [3.8, 4) is 0 Å². The minimum Gasteiger partial charge on any atom is -0.380 e. The van der Waals surface area contributed by atoms with E-state index in [4.69, 9.17) is 11.6 Å². The third kappa shape index (κ3) is 3.45. The van der Waals surface area contributed by atoms with Gasteiger partial charge in [-0.2, -0.15) is 0 Å². The first kappa shape index (κ1) is 9.43. The fraction of sp³-hybridized carbons (Fsp3) is 0.667. The van der Waals surface area contributed by atoms with E-state index in [1.54, 1.807) is 20.8 Å². The fourth-order valence-corrected chi connectivity index (χ4v) is 0.296. The lowest BCUT2D eigenvalue weighted by Gasteiger charge is -2.13. The fourth-order valence-electron chi connectivity index (χ4n) is 0.226. The average molecular weight is 165 g/mol. The molecule has 4 heteroatoms. The second-order valence-corrected chi connectivity index (χ2v) is 3.19. The Morgan fingerprint density at radius 2 is 1.70 bits per heavy atom. The number of esters is 1. The van der Waals surface area contributed by atoms with Gasteiger partial charge in [-0.05, 0) is 20.8 Å². The number of carbonyl (C=O) groups is 2. The molecule has 0 aliphatic rings. The van der Waals surface area contributed by atoms with Crippen LogP contribution in [0.3, 0.4) is 0 Å². The van der Waals surface area contributed by atoms with E-state index in [0.29, 0.717) is 0 Å². The Hall–Kier alpha value is -0.570. The Kier molecular flexibility index (Phi) is 2.84. The molecule has 0 fully saturated rings. The Morgan fingerprint density at radius 1 is 1.30 bits per heavy atom. The first-order valence-electron chi connectivity index (χ1n) is 2.76. The average Bonchev–Trinajstić information content (AvgIpc) is 1.60. The van der Waals surface area contributed by atoms with Gasteiger partial charge in [0.2, 0.25) is 0 Å². The molecule has 0 spiro atoms. The number of ether oxygens (including phenoxy) is 1. The maximum absolute atomic E-state index is 10.7. The molecular formula is C6H9ClO3. The summed E-state index contributed by atoms with van der Waals surface area (Å²) < 4.78 is 4.10. The van der Waals surface area contributed by atoms with Crippen LogP contribution in [0, 0.1) is 5.41 Å². The van der Waals surface area contributed by atoms with Crippen LogP contribution in [-0.4, -0.2) is 11.4 Å². The molecule has 0 aliphatic heterocycles. The minimum absolute atomic E-state index is 0.618. The Balaban J connectivity index is 3.99. The van der Waals surface area contributed by atoms with Gasteiger partial charge in [-0.25, -0.2) is 4.79 Å². The predicted octanol–water partition coefficient (Wildman–Crippen LogP) is 1.93. The summed E-state index contributed by atoms with van der Waals surface area (Å²) >= 11 is 4.80. The molecule has 0 atom stereocenters. The summed E-state index contributed by atoms with van der Waals surface area (Å²) in [7, 11) is 0. The SMILES string of the molecule is CC(C)(C)C(=O)OC(=O)Cl. The molecule has 0 N–H and O–H groups in total. The van der Waals surface area contributed by atoms with Crippen molar-refractivity contribution >= 4 is 23.0 Å². The molecule has 0 aliphatic carbocycles. The van der Waals surface area contributed by atoms with Gasteiger partial charge in [-0.3, -0.25) is 4.79 Å². The van der Waals surface area contributed by atoms with Crippen LogP contribution < -0.4 is 0 Å². The van der Waals surface area contributed by atoms with Crippen LogP contribution in [0.5, 0.6) is 0 Å². The highest BCUT2D eigenvalue weighted by Crippen LogP contribution is 2.15. The minimum atomic E-state index is -1.08. The standard InChI is InChI=1S/C6H9ClO3/c1-6(2,3)4(8)10-5(7)9/h1-3H3. The maximum Gasteiger partial charge on any atom is 0.411 e. The normalized spacial score (nSPS) is 10.8. The molecule has 0 bridgehead atoms. The van der Waals surface area contributed by atoms with Crippen LogP contribution in [0.1, 0.15) is 20.8 Å². The zero-order valence-electron chi connectivity index (χ0n) is 6.10. The van der Waals surface area contributed by atoms with Crippen molar-refractivity contribution in [2.45, 2.75) is 20.8 Å². The maximum atomic E-state index is 10.7. The molecule has 0 saturated heterocycles. The summed E-state index contributed by atoms with van der Waals surface area (Å²) in [6.45, 7) is 4.90. The molecule has 58 valence electrons. The number of carbonyl (C=O) groups excluding carboxylic acids is 2. The van der Waals surface area contributed by atoms with Crippen LogP contribution >= 0.6 is 11.6 Å². The van der Waals surface area contributed by atoms with E-state index < -0.39 is 16.8 Å². The third-order valence-corrected chi connectivity index (χ3v) is 0.862. The van der Waals surface area contributed by atoms with E-state index in [1.807, 2.05) is 0 Å². The van der Waals surface area contributed by atoms with Crippen LogP contribution in [0.2, 0.25) is 0 Å². The number of rotatable bonds is 0. The smallest absolute Gasteiger partial charge is 0.380 e. The monoisotopic (exact) mass is 164 g/mol. The Morgan fingerprint density at radius 3 is 1.80 bits per heavy atom. The zero-order chi connectivity index (χ0) is 8.36. The first-order chi connectivity index (χ1) is 4.34. The van der Waals surface area contributed by atoms with Crippen LogP contribution in [-0.2, 0) is 9.53 Å². The van der Waals surface area contributed by atoms with Crippen molar-refractivity contribution in [1.82, 2.24) is 0 Å². The van der Waals surface area contributed by atoms with E-state index in [-0.39, 0.29) is 0 Å². The van der Waals surface area contributed by atoms with Crippen molar-refractivity contribution < 1.29 is 14.3 Å². The first-order valence-corrected chi connectivity index (χ1v) is 3.13. The highest BCUT2D eigenvalue weighted by Gasteiger charge is 2.24. The van der Waals surface area contributed by atoms with Crippen LogP contribution in [0.4, 0.5) is 4.79 Å². The molecule has 0 unspecified atom stereocenters. The quantitative estimate of drug-likeness (QED) is 0.312. The molecule has 0 rings (SSSR count). The second-order valence-electron chi connectivity index (χ2n) is 2.88. The summed E-state index contributed by atoms with van der Waals surface area (Å²) in [5.41, 5.74) is -1.76. The Labute approximate surface area is 64.3 Å². The van der Waals surface area contributed by atoms with Gasteiger partial charge < -0.3 is 4.74 Å². The molecule has 0 aromatic rings. The van der Waals surface area contributed by atoms with Crippen LogP contribution in [0.25, 0.3) is 0 Å². The molecule has 3 nitrogen and oxygen atoms in total. The number of hydrogen-bond acceptors (Lipinski definition) is 3. The summed E-state index contributed by atoms with van der Waals surface area (Å²) in [5.74, 6) is -0.618. The van der Waals surface area contributed by atoms with Crippen molar-refractivity contribution in [1.29, 1.82) is 0 Å². The van der Waals surface area contributed by atoms with E-state index in [1.165, 1.54) is 0 Å². The van der Waals surface area contributed by atoms with Crippen molar-refractivity contribution in [3.63, 3.8) is 0 Å². The third-order valence-electron chi connectivity index (χ3n) is 0.785. The molecule has 0 amide bonds. The van der Waals surface area contributed by atoms with Crippen molar-refractivity contribution in [2.75, 3.05) is 0 Å². The molecule has 0 aromatic heterocycles. The van der Waals surface area contributed by atoms with E-state index in [9.17, 15) is 9.59 Å². The summed E-state index contributed by atoms with van der Waals surface area (Å²) in [4.78, 5) is 20.8. The highest BCUT2D eigenvalue weighted by molar-refractivity contribution is 6.61. The zero-order valence-corrected chi connectivity index (χ0v) is 6.86. The van der Waals surface area contributed by atoms with Gasteiger partial charge in [0.15, 0.2) is 0 Å². The summed E-state index contributed by atoms with van der Waals surface area (Å²) in [5, 5.41) is 0. The molecular weight excluding hydrogens is 156 g/mol. The lowest BCUT2D eigenvalue weighted by atomic mass is 9.98. The largest absolute Gasteiger partial charge is 0.411 e. The van der Waals surface area contributed by atoms with E-state index in [0.717, 1.165) is 0 Å². The van der Waals surface area contributed by atoms with Gasteiger partial charge in [0.25, 0.3) is 0 Å². The molecule has 0 heterocycles. The molecule has 10 heavy (non-hydrogen) atoms. The van der Waals surface area contributed by atoms with E-state index >= 15 is 0 Å². The molecule has 0 saturated carbocycles. The number of halogens is 1. The predicted molar refractivity (Wildman–Crippen MR) is 36.8 cm³/mol. The van der Waals surface area contributed by atoms with Gasteiger partial charge in [-0.15, -0.1) is 0 Å². The van der Waals surface area contributed by atoms with Crippen LogP contribution in [0.15, 0.2) is 0 Å². The summed E-state index contributed by atoms with van der Waals surface area (Å²) in [6, 6.07) is 0. The molecule has 0 aromatic carbocycles. The van der Waals surface area contributed by atoms with Crippen molar-refractivity contribution in [2.24, 2.45) is 5.41 Å². The Bertz CT molecular complexity index is 157. The van der Waals surface area contributed by atoms with Gasteiger partial charge in [0.1, 0.15) is 0 Å². The second kappa shape index (κ2) is 3.01. The van der Waals surface area contributed by atoms with Gasteiger partial charge >= 0.3 is 11.4 Å². The van der Waals surface area contributed by atoms with Gasteiger partial charge in [0, 0.05) is 11.6 Å². The highest BCUT2D eigenvalue weighted by atomic mass is 35.5. The summed E-state index contributed by atoms with van der Waals surface area (Å²) in [6.07, 6.45) is 0. The number of hydrogen-bond donors (Lipinski definition) is 0. The lowest BCUT2D eigenvalue weighted by molar-refractivity contribution is -0.145. The van der Waals surface area contributed by atoms with Gasteiger partial charge in [-0.1, -0.05) is 0 Å².